The molecule has 2 fully saturated rings. The number of rotatable bonds is 7. The molecule has 2 rings (SSSR count). The standard InChI is InChI=1S/C16H30O/c1-3-5-13(6-4-2)16(17)11-15-10-12-7-8-14(15)9-12/h12-17H,3-11H2,1-2H3. The maximum atomic E-state index is 10.5. The van der Waals surface area contributed by atoms with Crippen LogP contribution in [0.4, 0.5) is 0 Å². The van der Waals surface area contributed by atoms with E-state index >= 15 is 0 Å². The van der Waals surface area contributed by atoms with E-state index in [0.29, 0.717) is 5.92 Å². The van der Waals surface area contributed by atoms with E-state index < -0.39 is 0 Å². The highest BCUT2D eigenvalue weighted by Crippen LogP contribution is 2.50. The second kappa shape index (κ2) is 6.22. The van der Waals surface area contributed by atoms with Crippen LogP contribution in [0.25, 0.3) is 0 Å². The Bertz CT molecular complexity index is 220. The molecule has 2 saturated carbocycles. The number of fused-ring (bicyclic) bond motifs is 2. The fraction of sp³-hybridized carbons (Fsp3) is 1.00. The molecule has 0 radical (unpaired) electrons. The van der Waals surface area contributed by atoms with Gasteiger partial charge in [0.05, 0.1) is 6.10 Å². The van der Waals surface area contributed by atoms with Crippen LogP contribution in [0.15, 0.2) is 0 Å². The summed E-state index contributed by atoms with van der Waals surface area (Å²) in [4.78, 5) is 0. The summed E-state index contributed by atoms with van der Waals surface area (Å²) in [7, 11) is 0. The summed E-state index contributed by atoms with van der Waals surface area (Å²) in [6.07, 6.45) is 11.8. The van der Waals surface area contributed by atoms with E-state index in [2.05, 4.69) is 13.8 Å². The molecule has 1 N–H and O–H groups in total. The maximum Gasteiger partial charge on any atom is 0.0571 e. The largest absolute Gasteiger partial charge is 0.393 e. The molecule has 17 heavy (non-hydrogen) atoms. The van der Waals surface area contributed by atoms with Crippen LogP contribution in [0.2, 0.25) is 0 Å². The summed E-state index contributed by atoms with van der Waals surface area (Å²) < 4.78 is 0. The lowest BCUT2D eigenvalue weighted by molar-refractivity contribution is 0.0616. The molecule has 1 nitrogen and oxygen atoms in total. The van der Waals surface area contributed by atoms with Crippen LogP contribution in [0.3, 0.4) is 0 Å². The lowest BCUT2D eigenvalue weighted by Crippen LogP contribution is -2.25. The molecule has 2 bridgehead atoms. The molecule has 2 aliphatic carbocycles. The predicted molar refractivity (Wildman–Crippen MR) is 72.9 cm³/mol. The van der Waals surface area contributed by atoms with Crippen molar-refractivity contribution in [1.82, 2.24) is 0 Å². The van der Waals surface area contributed by atoms with Gasteiger partial charge in [-0.1, -0.05) is 33.1 Å². The van der Waals surface area contributed by atoms with Gasteiger partial charge in [0.2, 0.25) is 0 Å². The Kier molecular flexibility index (Phi) is 4.90. The smallest absolute Gasteiger partial charge is 0.0571 e. The molecule has 0 saturated heterocycles. The Morgan fingerprint density at radius 1 is 1.06 bits per heavy atom. The summed E-state index contributed by atoms with van der Waals surface area (Å²) >= 11 is 0. The van der Waals surface area contributed by atoms with Crippen molar-refractivity contribution >= 4 is 0 Å². The van der Waals surface area contributed by atoms with Crippen molar-refractivity contribution in [2.45, 2.75) is 77.7 Å². The summed E-state index contributed by atoms with van der Waals surface area (Å²) in [6, 6.07) is 0. The van der Waals surface area contributed by atoms with E-state index in [0.717, 1.165) is 24.2 Å². The minimum Gasteiger partial charge on any atom is -0.393 e. The van der Waals surface area contributed by atoms with E-state index in [1.807, 2.05) is 0 Å². The quantitative estimate of drug-likeness (QED) is 0.697. The SMILES string of the molecule is CCCC(CCC)C(O)CC1CC2CCC1C2. The van der Waals surface area contributed by atoms with Crippen LogP contribution >= 0.6 is 0 Å². The third-order valence-corrected chi connectivity index (χ3v) is 5.29. The van der Waals surface area contributed by atoms with E-state index in [1.54, 1.807) is 0 Å². The van der Waals surface area contributed by atoms with E-state index in [-0.39, 0.29) is 6.10 Å². The van der Waals surface area contributed by atoms with Crippen molar-refractivity contribution in [3.8, 4) is 0 Å². The zero-order chi connectivity index (χ0) is 12.3. The van der Waals surface area contributed by atoms with Gasteiger partial charge in [-0.05, 0) is 62.2 Å². The van der Waals surface area contributed by atoms with Gasteiger partial charge in [-0.2, -0.15) is 0 Å². The molecule has 0 heterocycles. The Balaban J connectivity index is 1.80. The van der Waals surface area contributed by atoms with Gasteiger partial charge in [0.15, 0.2) is 0 Å². The van der Waals surface area contributed by atoms with Crippen LogP contribution < -0.4 is 0 Å². The Hall–Kier alpha value is -0.0400. The van der Waals surface area contributed by atoms with Gasteiger partial charge in [0.25, 0.3) is 0 Å². The molecule has 100 valence electrons. The number of aliphatic hydroxyl groups is 1. The Morgan fingerprint density at radius 3 is 2.24 bits per heavy atom. The zero-order valence-corrected chi connectivity index (χ0v) is 11.7. The van der Waals surface area contributed by atoms with Gasteiger partial charge in [0, 0.05) is 0 Å². The van der Waals surface area contributed by atoms with Gasteiger partial charge >= 0.3 is 0 Å². The monoisotopic (exact) mass is 238 g/mol. The van der Waals surface area contributed by atoms with Gasteiger partial charge < -0.3 is 5.11 Å². The molecule has 2 aliphatic rings. The van der Waals surface area contributed by atoms with E-state index in [1.165, 1.54) is 51.4 Å². The lowest BCUT2D eigenvalue weighted by atomic mass is 9.80. The minimum atomic E-state index is -0.0146. The third-order valence-electron chi connectivity index (χ3n) is 5.29. The van der Waals surface area contributed by atoms with Crippen molar-refractivity contribution in [3.05, 3.63) is 0 Å². The molecule has 1 heteroatoms. The molecule has 0 aromatic rings. The molecule has 0 aliphatic heterocycles. The summed E-state index contributed by atoms with van der Waals surface area (Å²) in [6.45, 7) is 4.49. The maximum absolute atomic E-state index is 10.5. The van der Waals surface area contributed by atoms with Crippen LogP contribution in [-0.2, 0) is 0 Å². The predicted octanol–water partition coefficient (Wildman–Crippen LogP) is 4.39. The Labute approximate surface area is 107 Å². The first kappa shape index (κ1) is 13.4. The second-order valence-corrected chi connectivity index (χ2v) is 6.58. The molecular formula is C16H30O. The van der Waals surface area contributed by atoms with Gasteiger partial charge in [0.1, 0.15) is 0 Å². The van der Waals surface area contributed by atoms with Crippen molar-refractivity contribution in [2.75, 3.05) is 0 Å². The average molecular weight is 238 g/mol. The van der Waals surface area contributed by atoms with Crippen LogP contribution in [0.1, 0.15) is 71.6 Å². The van der Waals surface area contributed by atoms with Crippen LogP contribution in [0, 0.1) is 23.7 Å². The van der Waals surface area contributed by atoms with Crippen molar-refractivity contribution < 1.29 is 5.11 Å². The first-order chi connectivity index (χ1) is 8.24. The third kappa shape index (κ3) is 3.24. The fourth-order valence-electron chi connectivity index (χ4n) is 4.44. The number of hydrogen-bond acceptors (Lipinski definition) is 1. The summed E-state index contributed by atoms with van der Waals surface area (Å²) in [5, 5.41) is 10.5. The highest BCUT2D eigenvalue weighted by molar-refractivity contribution is 4.91. The number of aliphatic hydroxyl groups excluding tert-OH is 1. The molecular weight excluding hydrogens is 208 g/mol. The lowest BCUT2D eigenvalue weighted by Gasteiger charge is -2.28. The normalized spacial score (nSPS) is 33.5. The van der Waals surface area contributed by atoms with Crippen LogP contribution in [0.5, 0.6) is 0 Å². The van der Waals surface area contributed by atoms with Gasteiger partial charge in [-0.25, -0.2) is 0 Å². The molecule has 0 aromatic carbocycles. The Morgan fingerprint density at radius 2 is 1.76 bits per heavy atom. The molecule has 4 atom stereocenters. The van der Waals surface area contributed by atoms with Gasteiger partial charge in [-0.3, -0.25) is 0 Å². The number of hydrogen-bond donors (Lipinski definition) is 1. The van der Waals surface area contributed by atoms with Crippen molar-refractivity contribution in [1.29, 1.82) is 0 Å². The minimum absolute atomic E-state index is 0.0146. The molecule has 0 aromatic heterocycles. The highest BCUT2D eigenvalue weighted by atomic mass is 16.3. The average Bonchev–Trinajstić information content (AvgIpc) is 2.90. The van der Waals surface area contributed by atoms with Crippen molar-refractivity contribution in [3.63, 3.8) is 0 Å². The van der Waals surface area contributed by atoms with E-state index in [9.17, 15) is 5.11 Å². The first-order valence-electron chi connectivity index (χ1n) is 7.92. The first-order valence-corrected chi connectivity index (χ1v) is 7.92. The molecule has 4 unspecified atom stereocenters. The topological polar surface area (TPSA) is 20.2 Å². The second-order valence-electron chi connectivity index (χ2n) is 6.58. The summed E-state index contributed by atoms with van der Waals surface area (Å²) in [5.74, 6) is 3.43. The highest BCUT2D eigenvalue weighted by Gasteiger charge is 2.40. The van der Waals surface area contributed by atoms with E-state index in [4.69, 9.17) is 0 Å². The fourth-order valence-corrected chi connectivity index (χ4v) is 4.44. The molecule has 0 amide bonds. The van der Waals surface area contributed by atoms with Crippen LogP contribution in [-0.4, -0.2) is 11.2 Å². The summed E-state index contributed by atoms with van der Waals surface area (Å²) in [5.41, 5.74) is 0. The molecule has 0 spiro atoms. The zero-order valence-electron chi connectivity index (χ0n) is 11.7. The van der Waals surface area contributed by atoms with Crippen molar-refractivity contribution in [2.24, 2.45) is 23.7 Å². The van der Waals surface area contributed by atoms with Gasteiger partial charge in [-0.15, -0.1) is 0 Å².